The summed E-state index contributed by atoms with van der Waals surface area (Å²) in [7, 11) is 0. The lowest BCUT2D eigenvalue weighted by Gasteiger charge is -2.32. The SMILES string of the molecule is CCC12CCC(=O)C=C1c1c(cc(OC(CC(C)=O)C(=O)O)c(Cl)c1Cl)C2. The van der Waals surface area contributed by atoms with Crippen molar-refractivity contribution in [1.82, 2.24) is 0 Å². The Morgan fingerprint density at radius 3 is 2.63 bits per heavy atom. The van der Waals surface area contributed by atoms with Crippen LogP contribution in [0.3, 0.4) is 0 Å². The third kappa shape index (κ3) is 3.50. The molecule has 3 rings (SSSR count). The first-order valence-corrected chi connectivity index (χ1v) is 9.59. The number of hydrogen-bond donors (Lipinski definition) is 1. The summed E-state index contributed by atoms with van der Waals surface area (Å²) in [5.41, 5.74) is 2.39. The molecule has 7 heteroatoms. The van der Waals surface area contributed by atoms with Crippen LogP contribution in [-0.2, 0) is 20.8 Å². The van der Waals surface area contributed by atoms with Crippen molar-refractivity contribution in [2.75, 3.05) is 0 Å². The van der Waals surface area contributed by atoms with Crippen molar-refractivity contribution in [3.63, 3.8) is 0 Å². The van der Waals surface area contributed by atoms with Gasteiger partial charge in [0.1, 0.15) is 16.6 Å². The molecule has 0 saturated heterocycles. The molecular weight excluding hydrogens is 391 g/mol. The van der Waals surface area contributed by atoms with E-state index in [9.17, 15) is 19.5 Å². The molecule has 0 amide bonds. The fourth-order valence-electron chi connectivity index (χ4n) is 4.02. The highest BCUT2D eigenvalue weighted by molar-refractivity contribution is 6.44. The van der Waals surface area contributed by atoms with E-state index >= 15 is 0 Å². The second-order valence-corrected chi connectivity index (χ2v) is 7.98. The van der Waals surface area contributed by atoms with Gasteiger partial charge >= 0.3 is 5.97 Å². The van der Waals surface area contributed by atoms with E-state index in [0.29, 0.717) is 12.8 Å². The van der Waals surface area contributed by atoms with E-state index in [4.69, 9.17) is 27.9 Å². The highest BCUT2D eigenvalue weighted by Gasteiger charge is 2.45. The van der Waals surface area contributed by atoms with Gasteiger partial charge in [-0.05, 0) is 49.5 Å². The quantitative estimate of drug-likeness (QED) is 0.746. The number of carboxylic acid groups (broad SMARTS) is 1. The molecule has 0 heterocycles. The van der Waals surface area contributed by atoms with Crippen LogP contribution in [0.4, 0.5) is 0 Å². The number of hydrogen-bond acceptors (Lipinski definition) is 4. The number of carbonyl (C=O) groups excluding carboxylic acids is 2. The normalized spacial score (nSPS) is 21.9. The topological polar surface area (TPSA) is 80.7 Å². The average Bonchev–Trinajstić information content (AvgIpc) is 2.92. The summed E-state index contributed by atoms with van der Waals surface area (Å²) in [6, 6.07) is 1.70. The molecule has 2 aliphatic carbocycles. The summed E-state index contributed by atoms with van der Waals surface area (Å²) in [6.45, 7) is 3.38. The van der Waals surface area contributed by atoms with E-state index in [1.165, 1.54) is 6.92 Å². The first-order chi connectivity index (χ1) is 12.7. The van der Waals surface area contributed by atoms with Crippen LogP contribution in [0, 0.1) is 5.41 Å². The molecule has 1 aromatic carbocycles. The van der Waals surface area contributed by atoms with Crippen molar-refractivity contribution >= 4 is 46.3 Å². The average molecular weight is 411 g/mol. The molecule has 0 aromatic heterocycles. The van der Waals surface area contributed by atoms with Gasteiger partial charge in [-0.15, -0.1) is 0 Å². The Bertz CT molecular complexity index is 874. The van der Waals surface area contributed by atoms with Crippen LogP contribution in [0.25, 0.3) is 5.57 Å². The molecule has 2 aliphatic rings. The van der Waals surface area contributed by atoms with Crippen LogP contribution in [0.1, 0.15) is 50.7 Å². The van der Waals surface area contributed by atoms with Crippen molar-refractivity contribution in [2.24, 2.45) is 5.41 Å². The van der Waals surface area contributed by atoms with Crippen molar-refractivity contribution in [3.8, 4) is 5.75 Å². The highest BCUT2D eigenvalue weighted by atomic mass is 35.5. The molecule has 0 spiro atoms. The largest absolute Gasteiger partial charge is 0.478 e. The highest BCUT2D eigenvalue weighted by Crippen LogP contribution is 2.57. The number of aliphatic carboxylic acids is 1. The number of Topliss-reactive ketones (excluding diaryl/α,β-unsaturated/α-hetero) is 1. The zero-order valence-corrected chi connectivity index (χ0v) is 16.6. The smallest absolute Gasteiger partial charge is 0.345 e. The number of ether oxygens (including phenoxy) is 1. The van der Waals surface area contributed by atoms with Gasteiger partial charge in [-0.2, -0.15) is 0 Å². The minimum absolute atomic E-state index is 0.0711. The Balaban J connectivity index is 2.06. The molecule has 0 fully saturated rings. The van der Waals surface area contributed by atoms with Crippen LogP contribution in [0.15, 0.2) is 12.1 Å². The number of carboxylic acids is 1. The van der Waals surface area contributed by atoms with Crippen molar-refractivity contribution < 1.29 is 24.2 Å². The Kier molecular flexibility index (Phi) is 5.37. The minimum Gasteiger partial charge on any atom is -0.478 e. The fourth-order valence-corrected chi connectivity index (χ4v) is 4.53. The van der Waals surface area contributed by atoms with Gasteiger partial charge in [0, 0.05) is 17.4 Å². The first kappa shape index (κ1) is 19.9. The molecule has 144 valence electrons. The lowest BCUT2D eigenvalue weighted by molar-refractivity contribution is -0.147. The monoisotopic (exact) mass is 410 g/mol. The summed E-state index contributed by atoms with van der Waals surface area (Å²) < 4.78 is 5.54. The van der Waals surface area contributed by atoms with Gasteiger partial charge < -0.3 is 9.84 Å². The maximum absolute atomic E-state index is 12.0. The standard InChI is InChI=1S/C20H20Cl2O5/c1-3-20-5-4-12(24)8-13(20)16-11(9-20)7-14(17(21)18(16)22)27-15(19(25)26)6-10(2)23/h7-8,15H,3-6,9H2,1-2H3,(H,25,26). The first-order valence-electron chi connectivity index (χ1n) is 8.83. The van der Waals surface area contributed by atoms with Crippen LogP contribution < -0.4 is 4.74 Å². The van der Waals surface area contributed by atoms with Crippen LogP contribution in [-0.4, -0.2) is 28.7 Å². The molecule has 0 radical (unpaired) electrons. The molecule has 2 unspecified atom stereocenters. The number of carbonyl (C=O) groups is 3. The zero-order valence-electron chi connectivity index (χ0n) is 15.1. The third-order valence-corrected chi connectivity index (χ3v) is 6.32. The Labute approximate surface area is 167 Å². The molecule has 0 aliphatic heterocycles. The van der Waals surface area contributed by atoms with Gasteiger partial charge in [0.05, 0.1) is 11.4 Å². The molecule has 27 heavy (non-hydrogen) atoms. The second-order valence-electron chi connectivity index (χ2n) is 7.22. The van der Waals surface area contributed by atoms with Gasteiger partial charge in [0.25, 0.3) is 0 Å². The number of halogens is 2. The predicted molar refractivity (Wildman–Crippen MR) is 102 cm³/mol. The lowest BCUT2D eigenvalue weighted by atomic mass is 9.71. The van der Waals surface area contributed by atoms with E-state index in [2.05, 4.69) is 6.92 Å². The number of benzene rings is 1. The van der Waals surface area contributed by atoms with Crippen LogP contribution >= 0.6 is 23.2 Å². The van der Waals surface area contributed by atoms with Crippen LogP contribution in [0.5, 0.6) is 5.75 Å². The fraction of sp³-hybridized carbons (Fsp3) is 0.450. The summed E-state index contributed by atoms with van der Waals surface area (Å²) in [4.78, 5) is 34.7. The summed E-state index contributed by atoms with van der Waals surface area (Å²) in [5, 5.41) is 9.66. The molecule has 1 N–H and O–H groups in total. The Morgan fingerprint density at radius 2 is 2.04 bits per heavy atom. The van der Waals surface area contributed by atoms with Crippen molar-refractivity contribution in [2.45, 2.75) is 52.1 Å². The van der Waals surface area contributed by atoms with Crippen molar-refractivity contribution in [1.29, 1.82) is 0 Å². The molecule has 0 saturated carbocycles. The lowest BCUT2D eigenvalue weighted by Crippen LogP contribution is -2.29. The summed E-state index contributed by atoms with van der Waals surface area (Å²) in [6.07, 6.45) is 2.85. The molecule has 5 nitrogen and oxygen atoms in total. The second kappa shape index (κ2) is 7.28. The van der Waals surface area contributed by atoms with E-state index < -0.39 is 12.1 Å². The van der Waals surface area contributed by atoms with Gasteiger partial charge in [-0.25, -0.2) is 4.79 Å². The van der Waals surface area contributed by atoms with E-state index in [-0.39, 0.29) is 39.2 Å². The Hall–Kier alpha value is -1.85. The number of rotatable bonds is 6. The summed E-state index contributed by atoms with van der Waals surface area (Å²) in [5.74, 6) is -1.33. The number of ketones is 2. The molecule has 2 atom stereocenters. The molecule has 1 aromatic rings. The number of allylic oxidation sites excluding steroid dienone is 2. The van der Waals surface area contributed by atoms with Gasteiger partial charge in [-0.1, -0.05) is 30.1 Å². The number of fused-ring (bicyclic) bond motifs is 3. The maximum atomic E-state index is 12.0. The van der Waals surface area contributed by atoms with Gasteiger partial charge in [-0.3, -0.25) is 9.59 Å². The van der Waals surface area contributed by atoms with E-state index in [1.54, 1.807) is 12.1 Å². The molecular formula is C20H20Cl2O5. The van der Waals surface area contributed by atoms with Gasteiger partial charge in [0.2, 0.25) is 6.10 Å². The van der Waals surface area contributed by atoms with Crippen LogP contribution in [0.2, 0.25) is 10.0 Å². The maximum Gasteiger partial charge on any atom is 0.345 e. The minimum atomic E-state index is -1.33. The van der Waals surface area contributed by atoms with Crippen molar-refractivity contribution in [3.05, 3.63) is 33.3 Å². The third-order valence-electron chi connectivity index (χ3n) is 5.47. The summed E-state index contributed by atoms with van der Waals surface area (Å²) >= 11 is 12.9. The zero-order chi connectivity index (χ0) is 19.9. The molecule has 0 bridgehead atoms. The van der Waals surface area contributed by atoms with E-state index in [0.717, 1.165) is 29.5 Å². The Morgan fingerprint density at radius 1 is 1.33 bits per heavy atom. The predicted octanol–water partition coefficient (Wildman–Crippen LogP) is 4.50. The van der Waals surface area contributed by atoms with Gasteiger partial charge in [0.15, 0.2) is 5.78 Å². The van der Waals surface area contributed by atoms with E-state index in [1.807, 2.05) is 0 Å².